The molecule has 2 aliphatic rings. The number of alkyl halides is 3. The van der Waals surface area contributed by atoms with Crippen molar-refractivity contribution in [1.82, 2.24) is 10.2 Å². The smallest absolute Gasteiger partial charge is 0.336 e. The fourth-order valence-electron chi connectivity index (χ4n) is 3.67. The highest BCUT2D eigenvalue weighted by molar-refractivity contribution is 6.07. The topological polar surface area (TPSA) is 76.4 Å². The summed E-state index contributed by atoms with van der Waals surface area (Å²) in [4.78, 5) is 28.3. The number of carbonyl (C=O) groups excluding carboxylic acids is 2. The van der Waals surface area contributed by atoms with Gasteiger partial charge in [-0.1, -0.05) is 18.2 Å². The Morgan fingerprint density at radius 3 is 2.47 bits per heavy atom. The lowest BCUT2D eigenvalue weighted by Gasteiger charge is -2.33. The first kappa shape index (κ1) is 19.5. The molecule has 3 amide bonds. The summed E-state index contributed by atoms with van der Waals surface area (Å²) in [5.41, 5.74) is 0.787. The first-order chi connectivity index (χ1) is 14.2. The first-order valence-corrected chi connectivity index (χ1v) is 8.97. The van der Waals surface area contributed by atoms with Crippen LogP contribution in [0.4, 0.5) is 23.7 Å². The molecule has 0 saturated carbocycles. The van der Waals surface area contributed by atoms with Crippen LogP contribution in [-0.2, 0) is 11.0 Å². The van der Waals surface area contributed by atoms with Crippen LogP contribution < -0.4 is 10.2 Å². The van der Waals surface area contributed by atoms with E-state index in [4.69, 9.17) is 5.26 Å². The maximum absolute atomic E-state index is 13.2. The number of carbonyl (C=O) groups is 2. The molecule has 2 aromatic rings. The highest BCUT2D eigenvalue weighted by Crippen LogP contribution is 2.39. The minimum absolute atomic E-state index is 0.0243. The predicted molar refractivity (Wildman–Crippen MR) is 101 cm³/mol. The summed E-state index contributed by atoms with van der Waals surface area (Å²) < 4.78 is 39.5. The number of halogens is 3. The van der Waals surface area contributed by atoms with E-state index in [1.807, 2.05) is 6.07 Å². The van der Waals surface area contributed by atoms with E-state index in [-0.39, 0.29) is 18.1 Å². The van der Waals surface area contributed by atoms with Crippen molar-refractivity contribution in [3.8, 4) is 6.07 Å². The number of rotatable bonds is 2. The van der Waals surface area contributed by atoms with Crippen molar-refractivity contribution in [2.75, 3.05) is 18.5 Å². The number of nitriles is 1. The number of hydrogen-bond acceptors (Lipinski definition) is 3. The molecule has 9 heteroatoms. The Morgan fingerprint density at radius 2 is 1.83 bits per heavy atom. The highest BCUT2D eigenvalue weighted by atomic mass is 19.4. The maximum atomic E-state index is 13.2. The van der Waals surface area contributed by atoms with Crippen molar-refractivity contribution in [1.29, 1.82) is 5.26 Å². The molecule has 0 aromatic heterocycles. The number of likely N-dealkylation sites (N-methyl/N-ethyl adjacent to an activating group) is 1. The van der Waals surface area contributed by atoms with Gasteiger partial charge in [0.2, 0.25) is 0 Å². The monoisotopic (exact) mass is 412 g/mol. The van der Waals surface area contributed by atoms with Crippen molar-refractivity contribution in [3.05, 3.63) is 76.5 Å². The molecule has 2 aromatic carbocycles. The van der Waals surface area contributed by atoms with Gasteiger partial charge in [-0.3, -0.25) is 9.69 Å². The quantitative estimate of drug-likeness (QED) is 0.819. The number of urea groups is 1. The van der Waals surface area contributed by atoms with Gasteiger partial charge in [0, 0.05) is 7.05 Å². The molecule has 1 N–H and O–H groups in total. The average Bonchev–Trinajstić information content (AvgIpc) is 3.01. The molecule has 0 fully saturated rings. The zero-order chi connectivity index (χ0) is 21.6. The van der Waals surface area contributed by atoms with E-state index < -0.39 is 23.8 Å². The second kappa shape index (κ2) is 6.91. The van der Waals surface area contributed by atoms with E-state index in [2.05, 4.69) is 5.32 Å². The van der Waals surface area contributed by atoms with Crippen LogP contribution in [0.2, 0.25) is 0 Å². The lowest BCUT2D eigenvalue weighted by molar-refractivity contribution is -0.137. The van der Waals surface area contributed by atoms with Crippen LogP contribution in [0.15, 0.2) is 59.8 Å². The number of nitrogens with zero attached hydrogens (tertiary/aromatic N) is 3. The van der Waals surface area contributed by atoms with Crippen LogP contribution >= 0.6 is 0 Å². The van der Waals surface area contributed by atoms with E-state index in [1.165, 1.54) is 17.0 Å². The Kier molecular flexibility index (Phi) is 4.50. The van der Waals surface area contributed by atoms with Crippen LogP contribution in [0.25, 0.3) is 0 Å². The maximum Gasteiger partial charge on any atom is 0.416 e. The molecule has 1 atom stereocenters. The average molecular weight is 412 g/mol. The summed E-state index contributed by atoms with van der Waals surface area (Å²) in [7, 11) is 1.56. The summed E-state index contributed by atoms with van der Waals surface area (Å²) in [6, 6.07) is 11.4. The van der Waals surface area contributed by atoms with Gasteiger partial charge < -0.3 is 10.2 Å². The van der Waals surface area contributed by atoms with E-state index in [1.54, 1.807) is 31.3 Å². The van der Waals surface area contributed by atoms with Crippen molar-refractivity contribution in [2.45, 2.75) is 12.2 Å². The Bertz CT molecular complexity index is 1120. The number of benzene rings is 2. The summed E-state index contributed by atoms with van der Waals surface area (Å²) in [5, 5.41) is 11.7. The fourth-order valence-corrected chi connectivity index (χ4v) is 3.67. The SMILES string of the molecule is CN1CC2=C(C1=O)[C@@H](c1ccc(C#N)cc1)NC(=O)N2c1cccc(C(F)(F)F)c1. The van der Waals surface area contributed by atoms with Gasteiger partial charge in [-0.25, -0.2) is 4.79 Å². The standard InChI is InChI=1S/C21H15F3N4O2/c1-27-11-16-17(19(27)29)18(13-7-5-12(10-25)6-8-13)26-20(30)28(16)15-4-2-3-14(9-15)21(22,23)24/h2-9,18H,11H2,1H3,(H,26,30)/t18-/m1/s1. The molecule has 0 radical (unpaired) electrons. The van der Waals surface area contributed by atoms with Gasteiger partial charge in [-0.2, -0.15) is 18.4 Å². The van der Waals surface area contributed by atoms with Gasteiger partial charge in [0.05, 0.1) is 46.7 Å². The van der Waals surface area contributed by atoms with Gasteiger partial charge in [-0.15, -0.1) is 0 Å². The molecule has 6 nitrogen and oxygen atoms in total. The third kappa shape index (κ3) is 3.16. The second-order valence-corrected chi connectivity index (χ2v) is 7.02. The molecule has 0 saturated heterocycles. The van der Waals surface area contributed by atoms with E-state index in [0.29, 0.717) is 22.4 Å². The molecule has 2 heterocycles. The van der Waals surface area contributed by atoms with E-state index in [0.717, 1.165) is 17.0 Å². The molecule has 30 heavy (non-hydrogen) atoms. The molecule has 0 aliphatic carbocycles. The minimum Gasteiger partial charge on any atom is -0.336 e. The van der Waals surface area contributed by atoms with Crippen molar-refractivity contribution in [2.24, 2.45) is 0 Å². The Hall–Kier alpha value is -3.80. The number of anilines is 1. The lowest BCUT2D eigenvalue weighted by Crippen LogP contribution is -2.47. The van der Waals surface area contributed by atoms with Crippen molar-refractivity contribution in [3.63, 3.8) is 0 Å². The zero-order valence-corrected chi connectivity index (χ0v) is 15.7. The number of hydrogen-bond donors (Lipinski definition) is 1. The summed E-state index contributed by atoms with van der Waals surface area (Å²) in [6.07, 6.45) is -4.56. The van der Waals surface area contributed by atoms with Crippen LogP contribution in [0.3, 0.4) is 0 Å². The first-order valence-electron chi connectivity index (χ1n) is 8.97. The predicted octanol–water partition coefficient (Wildman–Crippen LogP) is 3.57. The van der Waals surface area contributed by atoms with Crippen LogP contribution in [0.1, 0.15) is 22.7 Å². The minimum atomic E-state index is -4.56. The Morgan fingerprint density at radius 1 is 1.13 bits per heavy atom. The second-order valence-electron chi connectivity index (χ2n) is 7.02. The van der Waals surface area contributed by atoms with Crippen LogP contribution in [-0.4, -0.2) is 30.4 Å². The van der Waals surface area contributed by atoms with Gasteiger partial charge in [0.25, 0.3) is 5.91 Å². The van der Waals surface area contributed by atoms with Gasteiger partial charge in [0.1, 0.15) is 0 Å². The highest BCUT2D eigenvalue weighted by Gasteiger charge is 2.44. The molecular weight excluding hydrogens is 397 g/mol. The zero-order valence-electron chi connectivity index (χ0n) is 15.7. The molecule has 0 bridgehead atoms. The number of nitrogens with one attached hydrogen (secondary N) is 1. The number of amides is 3. The Balaban J connectivity index is 1.82. The normalized spacial score (nSPS) is 19.0. The molecule has 0 unspecified atom stereocenters. The van der Waals surface area contributed by atoms with Crippen molar-refractivity contribution >= 4 is 17.6 Å². The lowest BCUT2D eigenvalue weighted by atomic mass is 9.94. The molecule has 4 rings (SSSR count). The van der Waals surface area contributed by atoms with Gasteiger partial charge >= 0.3 is 12.2 Å². The molecule has 152 valence electrons. The molecule has 2 aliphatic heterocycles. The molecular formula is C21H15F3N4O2. The summed E-state index contributed by atoms with van der Waals surface area (Å²) in [5.74, 6) is -0.323. The van der Waals surface area contributed by atoms with E-state index >= 15 is 0 Å². The fraction of sp³-hybridized carbons (Fsp3) is 0.190. The van der Waals surface area contributed by atoms with Crippen LogP contribution in [0.5, 0.6) is 0 Å². The summed E-state index contributed by atoms with van der Waals surface area (Å²) >= 11 is 0. The van der Waals surface area contributed by atoms with E-state index in [9.17, 15) is 22.8 Å². The van der Waals surface area contributed by atoms with Gasteiger partial charge in [-0.05, 0) is 35.9 Å². The third-order valence-corrected chi connectivity index (χ3v) is 5.11. The third-order valence-electron chi connectivity index (χ3n) is 5.11. The van der Waals surface area contributed by atoms with Crippen molar-refractivity contribution < 1.29 is 22.8 Å². The largest absolute Gasteiger partial charge is 0.416 e. The Labute approximate surface area is 169 Å². The van der Waals surface area contributed by atoms with Crippen LogP contribution in [0, 0.1) is 11.3 Å². The summed E-state index contributed by atoms with van der Waals surface area (Å²) in [6.45, 7) is 0.0879. The molecule has 0 spiro atoms. The van der Waals surface area contributed by atoms with Gasteiger partial charge in [0.15, 0.2) is 0 Å².